The van der Waals surface area contributed by atoms with Gasteiger partial charge in [0, 0.05) is 10.7 Å². The molecule has 1 heterocycles. The lowest BCUT2D eigenvalue weighted by molar-refractivity contribution is 0.103. The topological polar surface area (TPSA) is 30.0 Å². The Morgan fingerprint density at radius 2 is 2.12 bits per heavy atom. The van der Waals surface area contributed by atoms with Crippen molar-refractivity contribution in [2.75, 3.05) is 0 Å². The predicted molar refractivity (Wildman–Crippen MR) is 66.8 cm³/mol. The fourth-order valence-electron chi connectivity index (χ4n) is 1.35. The first-order chi connectivity index (χ1) is 8.09. The lowest BCUT2D eigenvalue weighted by Gasteiger charge is -2.04. The Hall–Kier alpha value is -1.26. The van der Waals surface area contributed by atoms with Gasteiger partial charge in [-0.2, -0.15) is 0 Å². The van der Waals surface area contributed by atoms with Crippen molar-refractivity contribution in [1.82, 2.24) is 4.98 Å². The number of hydrogen-bond acceptors (Lipinski definition) is 2. The second kappa shape index (κ2) is 4.94. The first kappa shape index (κ1) is 12.2. The van der Waals surface area contributed by atoms with Crippen LogP contribution in [0.25, 0.3) is 0 Å². The number of ketones is 1. The third kappa shape index (κ3) is 2.53. The number of halogens is 3. The smallest absolute Gasteiger partial charge is 0.215 e. The molecule has 2 aromatic rings. The van der Waals surface area contributed by atoms with E-state index in [1.54, 1.807) is 6.07 Å². The van der Waals surface area contributed by atoms with Crippen molar-refractivity contribution in [3.05, 3.63) is 63.1 Å². The molecule has 0 saturated carbocycles. The molecule has 0 saturated heterocycles. The maximum atomic E-state index is 13.5. The summed E-state index contributed by atoms with van der Waals surface area (Å²) in [4.78, 5) is 15.9. The summed E-state index contributed by atoms with van der Waals surface area (Å²) in [6, 6.07) is 7.29. The third-order valence-corrected chi connectivity index (χ3v) is 2.94. The zero-order valence-corrected chi connectivity index (χ0v) is 10.8. The van der Waals surface area contributed by atoms with Crippen molar-refractivity contribution in [2.45, 2.75) is 0 Å². The van der Waals surface area contributed by atoms with Gasteiger partial charge in [0.05, 0.1) is 10.6 Å². The van der Waals surface area contributed by atoms with Crippen LogP contribution in [-0.4, -0.2) is 10.8 Å². The molecule has 0 aliphatic rings. The number of nitrogens with zero attached hydrogens (tertiary/aromatic N) is 1. The first-order valence-electron chi connectivity index (χ1n) is 4.70. The van der Waals surface area contributed by atoms with E-state index in [-0.39, 0.29) is 16.3 Å². The zero-order chi connectivity index (χ0) is 12.4. The van der Waals surface area contributed by atoms with Crippen molar-refractivity contribution in [3.63, 3.8) is 0 Å². The van der Waals surface area contributed by atoms with Gasteiger partial charge in [0.25, 0.3) is 0 Å². The van der Waals surface area contributed by atoms with Crippen molar-refractivity contribution in [2.24, 2.45) is 0 Å². The van der Waals surface area contributed by atoms with Gasteiger partial charge in [0.15, 0.2) is 0 Å². The number of aromatic nitrogens is 1. The molecule has 0 amide bonds. The highest BCUT2D eigenvalue weighted by atomic mass is 79.9. The predicted octanol–water partition coefficient (Wildman–Crippen LogP) is 3.87. The van der Waals surface area contributed by atoms with Crippen LogP contribution in [0.4, 0.5) is 4.39 Å². The van der Waals surface area contributed by atoms with Gasteiger partial charge in [0.2, 0.25) is 5.78 Å². The van der Waals surface area contributed by atoms with Crippen molar-refractivity contribution in [3.8, 4) is 0 Å². The molecule has 2 nitrogen and oxygen atoms in total. The average molecular weight is 315 g/mol. The molecule has 0 unspecified atom stereocenters. The van der Waals surface area contributed by atoms with E-state index in [1.807, 2.05) is 0 Å². The van der Waals surface area contributed by atoms with Crippen molar-refractivity contribution >= 4 is 33.3 Å². The minimum Gasteiger partial charge on any atom is -0.287 e. The summed E-state index contributed by atoms with van der Waals surface area (Å²) in [6.45, 7) is 0. The van der Waals surface area contributed by atoms with Crippen LogP contribution in [0.5, 0.6) is 0 Å². The Balaban J connectivity index is 2.51. The van der Waals surface area contributed by atoms with Crippen LogP contribution in [0.2, 0.25) is 5.02 Å². The summed E-state index contributed by atoms with van der Waals surface area (Å²) < 4.78 is 14.1. The molecule has 2 rings (SSSR count). The lowest BCUT2D eigenvalue weighted by atomic mass is 10.1. The largest absolute Gasteiger partial charge is 0.287 e. The van der Waals surface area contributed by atoms with Crippen LogP contribution in [0.3, 0.4) is 0 Å². The Morgan fingerprint density at radius 1 is 1.35 bits per heavy atom. The van der Waals surface area contributed by atoms with E-state index in [0.29, 0.717) is 4.47 Å². The minimum absolute atomic E-state index is 0.0474. The van der Waals surface area contributed by atoms with Crippen LogP contribution in [0.15, 0.2) is 41.0 Å². The molecule has 1 aromatic heterocycles. The van der Waals surface area contributed by atoms with Crippen LogP contribution in [0.1, 0.15) is 16.1 Å². The monoisotopic (exact) mass is 313 g/mol. The molecule has 0 spiro atoms. The number of benzene rings is 1. The average Bonchev–Trinajstić information content (AvgIpc) is 2.32. The Kier molecular flexibility index (Phi) is 3.54. The van der Waals surface area contributed by atoms with Gasteiger partial charge in [-0.1, -0.05) is 27.5 Å². The molecule has 0 N–H and O–H groups in total. The van der Waals surface area contributed by atoms with Crippen LogP contribution in [0, 0.1) is 5.82 Å². The Morgan fingerprint density at radius 3 is 2.82 bits per heavy atom. The lowest BCUT2D eigenvalue weighted by Crippen LogP contribution is -2.07. The van der Waals surface area contributed by atoms with Gasteiger partial charge < -0.3 is 0 Å². The maximum Gasteiger partial charge on any atom is 0.215 e. The number of carbonyl (C=O) groups is 1. The molecule has 0 aliphatic heterocycles. The summed E-state index contributed by atoms with van der Waals surface area (Å²) in [5.74, 6) is -1.13. The van der Waals surface area contributed by atoms with Gasteiger partial charge in [-0.05, 0) is 30.3 Å². The Labute approximate surface area is 111 Å². The first-order valence-corrected chi connectivity index (χ1v) is 5.87. The molecule has 0 radical (unpaired) electrons. The molecule has 0 atom stereocenters. The fraction of sp³-hybridized carbons (Fsp3) is 0. The second-order valence-electron chi connectivity index (χ2n) is 3.29. The van der Waals surface area contributed by atoms with E-state index in [1.165, 1.54) is 30.5 Å². The minimum atomic E-state index is -0.597. The van der Waals surface area contributed by atoms with Crippen molar-refractivity contribution < 1.29 is 9.18 Å². The van der Waals surface area contributed by atoms with Crippen LogP contribution < -0.4 is 0 Å². The summed E-state index contributed by atoms with van der Waals surface area (Å²) in [5.41, 5.74) is -0.00820. The SMILES string of the molecule is O=C(c1cc(Br)ccc1F)c1ncccc1Cl. The standard InChI is InChI=1S/C12H6BrClFNO/c13-7-3-4-10(15)8(6-7)12(17)11-9(14)2-1-5-16-11/h1-6H. The number of rotatable bonds is 2. The van der Waals surface area contributed by atoms with E-state index < -0.39 is 11.6 Å². The molecular formula is C12H6BrClFNO. The zero-order valence-electron chi connectivity index (χ0n) is 8.45. The highest BCUT2D eigenvalue weighted by Crippen LogP contribution is 2.21. The van der Waals surface area contributed by atoms with Crippen LogP contribution >= 0.6 is 27.5 Å². The fourth-order valence-corrected chi connectivity index (χ4v) is 1.92. The van der Waals surface area contributed by atoms with Gasteiger partial charge in [-0.15, -0.1) is 0 Å². The van der Waals surface area contributed by atoms with E-state index in [0.717, 1.165) is 0 Å². The molecule has 5 heteroatoms. The third-order valence-electron chi connectivity index (χ3n) is 2.15. The quantitative estimate of drug-likeness (QED) is 0.788. The van der Waals surface area contributed by atoms with Crippen LogP contribution in [-0.2, 0) is 0 Å². The van der Waals surface area contributed by atoms with Crippen molar-refractivity contribution in [1.29, 1.82) is 0 Å². The van der Waals surface area contributed by atoms with E-state index in [9.17, 15) is 9.18 Å². The van der Waals surface area contributed by atoms with E-state index in [2.05, 4.69) is 20.9 Å². The molecule has 1 aromatic carbocycles. The number of hydrogen-bond donors (Lipinski definition) is 0. The van der Waals surface area contributed by atoms with Gasteiger partial charge in [-0.25, -0.2) is 4.39 Å². The maximum absolute atomic E-state index is 13.5. The highest BCUT2D eigenvalue weighted by Gasteiger charge is 2.18. The van der Waals surface area contributed by atoms with Gasteiger partial charge in [0.1, 0.15) is 11.5 Å². The second-order valence-corrected chi connectivity index (χ2v) is 4.61. The molecule has 86 valence electrons. The van der Waals surface area contributed by atoms with E-state index >= 15 is 0 Å². The molecule has 0 fully saturated rings. The summed E-state index contributed by atoms with van der Waals surface area (Å²) in [6.07, 6.45) is 1.44. The molecule has 0 aliphatic carbocycles. The summed E-state index contributed by atoms with van der Waals surface area (Å²) >= 11 is 9.03. The summed E-state index contributed by atoms with van der Waals surface area (Å²) in [7, 11) is 0. The highest BCUT2D eigenvalue weighted by molar-refractivity contribution is 9.10. The molecular weight excluding hydrogens is 308 g/mol. The number of carbonyl (C=O) groups excluding carboxylic acids is 1. The normalized spacial score (nSPS) is 10.3. The number of pyridine rings is 1. The Bertz CT molecular complexity index is 588. The summed E-state index contributed by atoms with van der Waals surface area (Å²) in [5, 5.41) is 0.205. The van der Waals surface area contributed by atoms with Gasteiger partial charge in [-0.3, -0.25) is 9.78 Å². The van der Waals surface area contributed by atoms with Gasteiger partial charge >= 0.3 is 0 Å². The molecule has 0 bridgehead atoms. The molecule has 17 heavy (non-hydrogen) atoms. The van der Waals surface area contributed by atoms with E-state index in [4.69, 9.17) is 11.6 Å².